The average Bonchev–Trinajstić information content (AvgIpc) is 3.59. The fourth-order valence-electron chi connectivity index (χ4n) is 6.48. The normalized spacial score (nSPS) is 14.0. The van der Waals surface area contributed by atoms with Gasteiger partial charge < -0.3 is 4.42 Å². The van der Waals surface area contributed by atoms with Crippen LogP contribution in [0.3, 0.4) is 0 Å². The largest absolute Gasteiger partial charge is 0.455 e. The minimum absolute atomic E-state index is 0.161. The lowest BCUT2D eigenvalue weighted by Gasteiger charge is -2.18. The van der Waals surface area contributed by atoms with Gasteiger partial charge in [-0.2, -0.15) is 0 Å². The molecule has 0 saturated carbocycles. The van der Waals surface area contributed by atoms with Crippen LogP contribution >= 0.6 is 0 Å². The minimum atomic E-state index is -0.440. The molecule has 1 aromatic heterocycles. The Hall–Kier alpha value is -5.92. The van der Waals surface area contributed by atoms with Gasteiger partial charge in [0.2, 0.25) is 0 Å². The quantitative estimate of drug-likeness (QED) is 0.189. The summed E-state index contributed by atoms with van der Waals surface area (Å²) >= 11 is 0. The predicted octanol–water partition coefficient (Wildman–Crippen LogP) is 12.6. The van der Waals surface area contributed by atoms with Crippen LogP contribution in [0.2, 0.25) is 0 Å². The second kappa shape index (κ2) is 10.4. The highest BCUT2D eigenvalue weighted by atomic mass is 16.3. The maximum atomic E-state index is 9.32. The van der Waals surface area contributed by atoms with Gasteiger partial charge in [-0.3, -0.25) is 0 Å². The number of benzene rings is 8. The number of hydrogen-bond donors (Lipinski definition) is 0. The van der Waals surface area contributed by atoms with E-state index in [4.69, 9.17) is 9.90 Å². The second-order valence-electron chi connectivity index (χ2n) is 11.1. The molecule has 0 saturated heterocycles. The molecule has 0 aliphatic heterocycles. The molecule has 9 rings (SSSR count). The van der Waals surface area contributed by atoms with Crippen molar-refractivity contribution < 1.29 is 15.4 Å². The van der Waals surface area contributed by atoms with Crippen molar-refractivity contribution in [3.63, 3.8) is 0 Å². The van der Waals surface area contributed by atoms with Gasteiger partial charge in [0.1, 0.15) is 11.3 Å². The molecule has 0 amide bonds. The summed E-state index contributed by atoms with van der Waals surface area (Å²) in [5, 5.41) is 3.33. The molecule has 0 bridgehead atoms. The van der Waals surface area contributed by atoms with Crippen molar-refractivity contribution in [2.75, 3.05) is 0 Å². The van der Waals surface area contributed by atoms with Crippen LogP contribution < -0.4 is 0 Å². The second-order valence-corrected chi connectivity index (χ2v) is 11.1. The summed E-state index contributed by atoms with van der Waals surface area (Å²) < 4.78 is 78.9. The van der Waals surface area contributed by atoms with Crippen molar-refractivity contribution >= 4 is 43.3 Å². The predicted molar refractivity (Wildman–Crippen MR) is 190 cm³/mol. The number of furan rings is 1. The maximum absolute atomic E-state index is 9.32. The van der Waals surface area contributed by atoms with E-state index in [0.717, 1.165) is 32.8 Å². The minimum Gasteiger partial charge on any atom is -0.455 e. The summed E-state index contributed by atoms with van der Waals surface area (Å²) in [5.74, 6) is 0.661. The molecular formula is C44H28O. The third-order valence-corrected chi connectivity index (χ3v) is 8.49. The Labute approximate surface area is 272 Å². The summed E-state index contributed by atoms with van der Waals surface area (Å²) in [7, 11) is 0. The highest BCUT2D eigenvalue weighted by molar-refractivity contribution is 6.22. The first-order valence-corrected chi connectivity index (χ1v) is 14.8. The topological polar surface area (TPSA) is 13.1 Å². The molecular weight excluding hydrogens is 544 g/mol. The maximum Gasteiger partial charge on any atom is 0.143 e. The van der Waals surface area contributed by atoms with Gasteiger partial charge >= 0.3 is 0 Å². The lowest BCUT2D eigenvalue weighted by Crippen LogP contribution is -1.91. The summed E-state index contributed by atoms with van der Waals surface area (Å²) in [6, 6.07) is 35.7. The molecule has 0 radical (unpaired) electrons. The molecule has 0 fully saturated rings. The van der Waals surface area contributed by atoms with E-state index in [-0.39, 0.29) is 51.3 Å². The lowest BCUT2D eigenvalue weighted by atomic mass is 9.85. The van der Waals surface area contributed by atoms with Crippen LogP contribution in [0.25, 0.3) is 88.0 Å². The van der Waals surface area contributed by atoms with Gasteiger partial charge in [0, 0.05) is 16.5 Å². The Balaban J connectivity index is 1.47. The van der Waals surface area contributed by atoms with Gasteiger partial charge in [-0.15, -0.1) is 0 Å². The Bertz CT molecular complexity index is 2890. The highest BCUT2D eigenvalue weighted by Gasteiger charge is 2.21. The van der Waals surface area contributed by atoms with Crippen LogP contribution in [0.4, 0.5) is 0 Å². The molecule has 1 nitrogen and oxygen atoms in total. The van der Waals surface area contributed by atoms with Gasteiger partial charge in [-0.25, -0.2) is 0 Å². The number of fused-ring (bicyclic) bond motifs is 4. The van der Waals surface area contributed by atoms with Crippen LogP contribution in [-0.4, -0.2) is 0 Å². The molecule has 0 unspecified atom stereocenters. The van der Waals surface area contributed by atoms with Crippen molar-refractivity contribution in [1.82, 2.24) is 0 Å². The molecule has 8 aromatic carbocycles. The Kier molecular flexibility index (Phi) is 4.30. The molecule has 1 heterocycles. The van der Waals surface area contributed by atoms with Gasteiger partial charge in [0.05, 0.1) is 11.0 Å². The SMILES string of the molecule is [2H]c1c([2H])c([2H])c2c(-c3ccc4c(-c5ccccc5)c(-c5ccccc5)oc4c3)c3c([2H])c([2H])c([2H])c([2H])c3c(-c3ccc4ccccc4c3)c2c1[2H]. The van der Waals surface area contributed by atoms with Gasteiger partial charge in [-0.1, -0.05) is 151 Å². The third-order valence-electron chi connectivity index (χ3n) is 8.49. The van der Waals surface area contributed by atoms with E-state index in [1.165, 1.54) is 0 Å². The van der Waals surface area contributed by atoms with Crippen LogP contribution in [0.15, 0.2) is 174 Å². The highest BCUT2D eigenvalue weighted by Crippen LogP contribution is 2.46. The zero-order valence-corrected chi connectivity index (χ0v) is 24.0. The van der Waals surface area contributed by atoms with Crippen LogP contribution in [-0.2, 0) is 0 Å². The molecule has 210 valence electrons. The van der Waals surface area contributed by atoms with Crippen molar-refractivity contribution in [2.24, 2.45) is 0 Å². The molecule has 0 N–H and O–H groups in total. The number of hydrogen-bond acceptors (Lipinski definition) is 1. The summed E-state index contributed by atoms with van der Waals surface area (Å²) in [5.41, 5.74) is 4.90. The molecule has 0 atom stereocenters. The standard InChI is InChI=1S/C44H28O/c1-3-14-30(15-4-1)43-39-26-25-34(28-40(39)45-44(43)31-16-5-2-6-17-31)42-37-21-11-9-19-35(37)41(36-20-10-12-22-38(36)42)33-24-23-29-13-7-8-18-32(29)27-33/h1-28H/i9D,10D,11D,12D,19D,20D,21D,22D. The third kappa shape index (κ3) is 4.17. The monoisotopic (exact) mass is 580 g/mol. The van der Waals surface area contributed by atoms with E-state index in [1.54, 1.807) is 6.07 Å². The van der Waals surface area contributed by atoms with Gasteiger partial charge in [0.25, 0.3) is 0 Å². The van der Waals surface area contributed by atoms with Gasteiger partial charge in [-0.05, 0) is 78.3 Å². The first-order valence-electron chi connectivity index (χ1n) is 18.8. The van der Waals surface area contributed by atoms with E-state index >= 15 is 0 Å². The van der Waals surface area contributed by atoms with Crippen molar-refractivity contribution in [1.29, 1.82) is 0 Å². The van der Waals surface area contributed by atoms with Crippen molar-refractivity contribution in [3.05, 3.63) is 170 Å². The van der Waals surface area contributed by atoms with Crippen molar-refractivity contribution in [2.45, 2.75) is 0 Å². The fraction of sp³-hybridized carbons (Fsp3) is 0. The summed E-state index contributed by atoms with van der Waals surface area (Å²) in [6.45, 7) is 0. The summed E-state index contributed by atoms with van der Waals surface area (Å²) in [6.07, 6.45) is 0. The molecule has 0 aliphatic rings. The summed E-state index contributed by atoms with van der Waals surface area (Å²) in [4.78, 5) is 0. The van der Waals surface area contributed by atoms with Crippen molar-refractivity contribution in [3.8, 4) is 44.7 Å². The molecule has 0 spiro atoms. The first-order chi connectivity index (χ1) is 25.7. The molecule has 0 aliphatic carbocycles. The Morgan fingerprint density at radius 2 is 0.889 bits per heavy atom. The van der Waals surface area contributed by atoms with Crippen LogP contribution in [0.1, 0.15) is 11.0 Å². The smallest absolute Gasteiger partial charge is 0.143 e. The fourth-order valence-corrected chi connectivity index (χ4v) is 6.48. The Morgan fingerprint density at radius 3 is 1.51 bits per heavy atom. The van der Waals surface area contributed by atoms with E-state index in [0.29, 0.717) is 28.0 Å². The van der Waals surface area contributed by atoms with E-state index in [9.17, 15) is 5.48 Å². The van der Waals surface area contributed by atoms with Gasteiger partial charge in [0.15, 0.2) is 0 Å². The lowest BCUT2D eigenvalue weighted by molar-refractivity contribution is 0.632. The van der Waals surface area contributed by atoms with Crippen LogP contribution in [0.5, 0.6) is 0 Å². The van der Waals surface area contributed by atoms with E-state index in [2.05, 4.69) is 0 Å². The zero-order valence-electron chi connectivity index (χ0n) is 32.0. The van der Waals surface area contributed by atoms with Crippen LogP contribution in [0, 0.1) is 0 Å². The Morgan fingerprint density at radius 1 is 0.378 bits per heavy atom. The number of rotatable bonds is 4. The van der Waals surface area contributed by atoms with E-state index < -0.39 is 24.2 Å². The first kappa shape index (κ1) is 18.7. The molecule has 9 aromatic rings. The average molecular weight is 581 g/mol. The van der Waals surface area contributed by atoms with E-state index in [1.807, 2.05) is 115 Å². The zero-order chi connectivity index (χ0) is 36.7. The molecule has 45 heavy (non-hydrogen) atoms. The molecule has 1 heteroatoms.